The quantitative estimate of drug-likeness (QED) is 0.531. The Hall–Kier alpha value is -1.64. The van der Waals surface area contributed by atoms with E-state index in [0.29, 0.717) is 18.2 Å². The van der Waals surface area contributed by atoms with E-state index < -0.39 is 0 Å². The number of carbonyl (C=O) groups excluding carboxylic acids is 2. The zero-order valence-corrected chi connectivity index (χ0v) is 15.4. The molecule has 0 saturated carbocycles. The highest BCUT2D eigenvalue weighted by Gasteiger charge is 2.23. The molecule has 0 radical (unpaired) electrons. The molecule has 1 aliphatic rings. The highest BCUT2D eigenvalue weighted by Crippen LogP contribution is 2.29. The second-order valence-corrected chi connectivity index (χ2v) is 7.48. The summed E-state index contributed by atoms with van der Waals surface area (Å²) in [5.74, 6) is 1.62. The van der Waals surface area contributed by atoms with Gasteiger partial charge in [0.25, 0.3) is 0 Å². The van der Waals surface area contributed by atoms with Crippen LogP contribution in [0.3, 0.4) is 0 Å². The second kappa shape index (κ2) is 9.00. The number of rotatable bonds is 7. The minimum absolute atomic E-state index is 0.117. The van der Waals surface area contributed by atoms with E-state index in [9.17, 15) is 9.59 Å². The lowest BCUT2D eigenvalue weighted by Crippen LogP contribution is -2.37. The molecule has 1 heterocycles. The van der Waals surface area contributed by atoms with Crippen LogP contribution in [0.2, 0.25) is 0 Å². The van der Waals surface area contributed by atoms with Gasteiger partial charge in [0.15, 0.2) is 5.78 Å². The van der Waals surface area contributed by atoms with Crippen molar-refractivity contribution in [3.05, 3.63) is 35.4 Å². The fourth-order valence-electron chi connectivity index (χ4n) is 3.46. The Labute approximate surface area is 146 Å². The first-order valence-electron chi connectivity index (χ1n) is 9.36. The smallest absolute Gasteiger partial charge is 0.222 e. The molecule has 1 fully saturated rings. The van der Waals surface area contributed by atoms with Gasteiger partial charge in [-0.05, 0) is 49.7 Å². The molecular weight excluding hydrogens is 298 g/mol. The van der Waals surface area contributed by atoms with E-state index in [-0.39, 0.29) is 5.78 Å². The van der Waals surface area contributed by atoms with Crippen LogP contribution in [0.15, 0.2) is 24.3 Å². The van der Waals surface area contributed by atoms with Crippen LogP contribution in [0.4, 0.5) is 0 Å². The number of carbonyl (C=O) groups is 2. The number of unbranched alkanes of at least 4 members (excludes halogenated alkanes) is 1. The fourth-order valence-corrected chi connectivity index (χ4v) is 3.46. The molecule has 0 spiro atoms. The molecule has 3 heteroatoms. The second-order valence-electron chi connectivity index (χ2n) is 7.48. The van der Waals surface area contributed by atoms with Crippen molar-refractivity contribution in [2.75, 3.05) is 13.1 Å². The van der Waals surface area contributed by atoms with E-state index >= 15 is 0 Å². The maximum Gasteiger partial charge on any atom is 0.222 e. The molecule has 3 nitrogen and oxygen atoms in total. The Morgan fingerprint density at radius 2 is 1.88 bits per heavy atom. The molecule has 1 amide bonds. The minimum atomic E-state index is 0.117. The normalized spacial score (nSPS) is 15.8. The standard InChI is InChI=1S/C21H31NO2/c1-16(2)7-4-5-10-21(24)22-13-11-18(12-14-22)20-9-6-8-19(15-20)17(3)23/h6,8-9,15-16,18H,4-5,7,10-14H2,1-3H3. The van der Waals surface area contributed by atoms with Crippen LogP contribution in [-0.4, -0.2) is 29.7 Å². The molecule has 1 aromatic rings. The molecule has 0 bridgehead atoms. The summed E-state index contributed by atoms with van der Waals surface area (Å²) in [6.07, 6.45) is 6.06. The van der Waals surface area contributed by atoms with Gasteiger partial charge in [0.1, 0.15) is 0 Å². The Balaban J connectivity index is 1.79. The molecule has 24 heavy (non-hydrogen) atoms. The molecule has 0 unspecified atom stereocenters. The van der Waals surface area contributed by atoms with Crippen LogP contribution in [0.25, 0.3) is 0 Å². The third kappa shape index (κ3) is 5.47. The number of ketones is 1. The molecule has 132 valence electrons. The molecule has 0 aliphatic carbocycles. The average Bonchev–Trinajstić information content (AvgIpc) is 2.58. The van der Waals surface area contributed by atoms with Gasteiger partial charge in [-0.2, -0.15) is 0 Å². The lowest BCUT2D eigenvalue weighted by atomic mass is 9.88. The van der Waals surface area contributed by atoms with Crippen molar-refractivity contribution in [3.63, 3.8) is 0 Å². The third-order valence-corrected chi connectivity index (χ3v) is 5.03. The SMILES string of the molecule is CC(=O)c1cccc(C2CCN(C(=O)CCCCC(C)C)CC2)c1. The number of nitrogens with zero attached hydrogens (tertiary/aromatic N) is 1. The summed E-state index contributed by atoms with van der Waals surface area (Å²) in [4.78, 5) is 25.9. The molecule has 1 saturated heterocycles. The summed E-state index contributed by atoms with van der Waals surface area (Å²) in [7, 11) is 0. The van der Waals surface area contributed by atoms with E-state index in [1.807, 2.05) is 23.1 Å². The lowest BCUT2D eigenvalue weighted by Gasteiger charge is -2.32. The van der Waals surface area contributed by atoms with E-state index in [1.54, 1.807) is 6.92 Å². The first-order chi connectivity index (χ1) is 11.5. The number of piperidine rings is 1. The van der Waals surface area contributed by atoms with Crippen molar-refractivity contribution in [1.82, 2.24) is 4.90 Å². The van der Waals surface area contributed by atoms with Crippen molar-refractivity contribution in [2.45, 2.75) is 65.2 Å². The summed E-state index contributed by atoms with van der Waals surface area (Å²) in [5.41, 5.74) is 2.03. The predicted octanol–water partition coefficient (Wildman–Crippen LogP) is 4.81. The van der Waals surface area contributed by atoms with Gasteiger partial charge in [-0.3, -0.25) is 9.59 Å². The van der Waals surface area contributed by atoms with Crippen LogP contribution < -0.4 is 0 Å². The maximum absolute atomic E-state index is 12.3. The highest BCUT2D eigenvalue weighted by molar-refractivity contribution is 5.94. The highest BCUT2D eigenvalue weighted by atomic mass is 16.2. The summed E-state index contributed by atoms with van der Waals surface area (Å²) in [6.45, 7) is 7.76. The summed E-state index contributed by atoms with van der Waals surface area (Å²) >= 11 is 0. The van der Waals surface area contributed by atoms with Crippen molar-refractivity contribution in [1.29, 1.82) is 0 Å². The van der Waals surface area contributed by atoms with Crippen LogP contribution >= 0.6 is 0 Å². The number of Topliss-reactive ketones (excluding diaryl/α,β-unsaturated/α-hetero) is 1. The van der Waals surface area contributed by atoms with Crippen LogP contribution in [0.1, 0.15) is 81.1 Å². The third-order valence-electron chi connectivity index (χ3n) is 5.03. The molecular formula is C21H31NO2. The number of hydrogen-bond donors (Lipinski definition) is 0. The lowest BCUT2D eigenvalue weighted by molar-refractivity contribution is -0.132. The molecule has 0 aromatic heterocycles. The number of amides is 1. The van der Waals surface area contributed by atoms with Gasteiger partial charge in [0.2, 0.25) is 5.91 Å². The molecule has 2 rings (SSSR count). The molecule has 0 atom stereocenters. The van der Waals surface area contributed by atoms with E-state index in [1.165, 1.54) is 12.0 Å². The van der Waals surface area contributed by atoms with Crippen molar-refractivity contribution in [3.8, 4) is 0 Å². The number of benzene rings is 1. The summed E-state index contributed by atoms with van der Waals surface area (Å²) in [5, 5.41) is 0. The van der Waals surface area contributed by atoms with E-state index in [0.717, 1.165) is 50.3 Å². The van der Waals surface area contributed by atoms with Crippen molar-refractivity contribution < 1.29 is 9.59 Å². The van der Waals surface area contributed by atoms with E-state index in [4.69, 9.17) is 0 Å². The van der Waals surface area contributed by atoms with E-state index in [2.05, 4.69) is 19.9 Å². The van der Waals surface area contributed by atoms with Crippen LogP contribution in [0.5, 0.6) is 0 Å². The van der Waals surface area contributed by atoms with Gasteiger partial charge in [0, 0.05) is 25.1 Å². The van der Waals surface area contributed by atoms with Gasteiger partial charge in [-0.1, -0.05) is 44.9 Å². The Morgan fingerprint density at radius 3 is 2.50 bits per heavy atom. The minimum Gasteiger partial charge on any atom is -0.343 e. The van der Waals surface area contributed by atoms with Crippen molar-refractivity contribution >= 4 is 11.7 Å². The van der Waals surface area contributed by atoms with Crippen LogP contribution in [-0.2, 0) is 4.79 Å². The number of hydrogen-bond acceptors (Lipinski definition) is 2. The largest absolute Gasteiger partial charge is 0.343 e. The van der Waals surface area contributed by atoms with Gasteiger partial charge >= 0.3 is 0 Å². The molecule has 1 aromatic carbocycles. The Bertz CT molecular complexity index is 557. The summed E-state index contributed by atoms with van der Waals surface area (Å²) < 4.78 is 0. The average molecular weight is 329 g/mol. The Morgan fingerprint density at radius 1 is 1.17 bits per heavy atom. The summed E-state index contributed by atoms with van der Waals surface area (Å²) in [6, 6.07) is 7.98. The zero-order valence-electron chi connectivity index (χ0n) is 15.4. The topological polar surface area (TPSA) is 37.4 Å². The van der Waals surface area contributed by atoms with Gasteiger partial charge in [0.05, 0.1) is 0 Å². The fraction of sp³-hybridized carbons (Fsp3) is 0.619. The zero-order chi connectivity index (χ0) is 17.5. The monoisotopic (exact) mass is 329 g/mol. The maximum atomic E-state index is 12.3. The van der Waals surface area contributed by atoms with Crippen molar-refractivity contribution in [2.24, 2.45) is 5.92 Å². The first-order valence-corrected chi connectivity index (χ1v) is 9.36. The Kier molecular flexibility index (Phi) is 7.01. The predicted molar refractivity (Wildman–Crippen MR) is 98.3 cm³/mol. The number of likely N-dealkylation sites (tertiary alicyclic amines) is 1. The van der Waals surface area contributed by atoms with Gasteiger partial charge in [-0.25, -0.2) is 0 Å². The van der Waals surface area contributed by atoms with Gasteiger partial charge in [-0.15, -0.1) is 0 Å². The van der Waals surface area contributed by atoms with Gasteiger partial charge < -0.3 is 4.90 Å². The molecule has 0 N–H and O–H groups in total. The first kappa shape index (κ1) is 18.7. The molecule has 1 aliphatic heterocycles. The van der Waals surface area contributed by atoms with Crippen LogP contribution in [0, 0.1) is 5.92 Å².